The predicted molar refractivity (Wildman–Crippen MR) is 127 cm³/mol. The Bertz CT molecular complexity index is 900. The van der Waals surface area contributed by atoms with Crippen LogP contribution in [0.3, 0.4) is 0 Å². The standard InChI is InChI=1S/C24H29N3O3S/c1-3-4-5-9-16-30-20-14-12-19(13-15-20)25-23(29)21-17-22(28)27(2)24(31-21)26-18-10-7-6-8-11-18/h6-8,10-15,21H,3-5,9,16-17H2,1-2H3,(H,25,29). The van der Waals surface area contributed by atoms with Crippen LogP contribution in [0.2, 0.25) is 0 Å². The van der Waals surface area contributed by atoms with Crippen molar-refractivity contribution in [2.75, 3.05) is 19.0 Å². The quantitative estimate of drug-likeness (QED) is 0.543. The molecule has 1 N–H and O–H groups in total. The molecule has 1 unspecified atom stereocenters. The average molecular weight is 440 g/mol. The Morgan fingerprint density at radius 3 is 2.58 bits per heavy atom. The number of para-hydroxylation sites is 1. The van der Waals surface area contributed by atoms with Crippen molar-refractivity contribution < 1.29 is 14.3 Å². The molecule has 164 valence electrons. The minimum absolute atomic E-state index is 0.125. The Morgan fingerprint density at radius 1 is 1.13 bits per heavy atom. The number of thioether (sulfide) groups is 1. The highest BCUT2D eigenvalue weighted by Gasteiger charge is 2.34. The molecule has 6 nitrogen and oxygen atoms in total. The summed E-state index contributed by atoms with van der Waals surface area (Å²) in [7, 11) is 1.69. The lowest BCUT2D eigenvalue weighted by atomic mass is 10.2. The van der Waals surface area contributed by atoms with E-state index in [2.05, 4.69) is 17.2 Å². The van der Waals surface area contributed by atoms with E-state index in [-0.39, 0.29) is 18.2 Å². The maximum Gasteiger partial charge on any atom is 0.238 e. The number of hydrogen-bond acceptors (Lipinski definition) is 5. The van der Waals surface area contributed by atoms with Crippen LogP contribution in [0.4, 0.5) is 11.4 Å². The monoisotopic (exact) mass is 439 g/mol. The number of hydrogen-bond donors (Lipinski definition) is 1. The highest BCUT2D eigenvalue weighted by molar-refractivity contribution is 8.15. The molecule has 0 radical (unpaired) electrons. The van der Waals surface area contributed by atoms with Crippen LogP contribution < -0.4 is 10.1 Å². The fourth-order valence-corrected chi connectivity index (χ4v) is 4.15. The minimum atomic E-state index is -0.527. The van der Waals surface area contributed by atoms with Crippen LogP contribution in [-0.4, -0.2) is 40.8 Å². The van der Waals surface area contributed by atoms with E-state index in [4.69, 9.17) is 4.74 Å². The van der Waals surface area contributed by atoms with Gasteiger partial charge < -0.3 is 10.1 Å². The maximum absolute atomic E-state index is 12.8. The molecule has 1 heterocycles. The molecule has 2 aromatic carbocycles. The highest BCUT2D eigenvalue weighted by Crippen LogP contribution is 2.29. The van der Waals surface area contributed by atoms with E-state index in [0.29, 0.717) is 17.5 Å². The molecule has 31 heavy (non-hydrogen) atoms. The summed E-state index contributed by atoms with van der Waals surface area (Å²) in [6.45, 7) is 2.88. The number of benzene rings is 2. The Hall–Kier alpha value is -2.80. The van der Waals surface area contributed by atoms with E-state index in [0.717, 1.165) is 17.9 Å². The topological polar surface area (TPSA) is 71.0 Å². The number of rotatable bonds is 9. The third-order valence-electron chi connectivity index (χ3n) is 4.93. The van der Waals surface area contributed by atoms with Crippen molar-refractivity contribution >= 4 is 40.1 Å². The number of unbranched alkanes of at least 4 members (excludes halogenated alkanes) is 3. The van der Waals surface area contributed by atoms with Crippen molar-refractivity contribution in [1.82, 2.24) is 4.90 Å². The molecule has 1 saturated heterocycles. The molecular weight excluding hydrogens is 410 g/mol. The van der Waals surface area contributed by atoms with Crippen LogP contribution in [0.1, 0.15) is 39.0 Å². The first-order chi connectivity index (χ1) is 15.1. The van der Waals surface area contributed by atoms with Gasteiger partial charge in [-0.15, -0.1) is 0 Å². The van der Waals surface area contributed by atoms with Gasteiger partial charge in [0.15, 0.2) is 5.17 Å². The van der Waals surface area contributed by atoms with Crippen molar-refractivity contribution in [1.29, 1.82) is 0 Å². The van der Waals surface area contributed by atoms with Gasteiger partial charge in [-0.25, -0.2) is 4.99 Å². The van der Waals surface area contributed by atoms with E-state index < -0.39 is 5.25 Å². The zero-order chi connectivity index (χ0) is 22.1. The van der Waals surface area contributed by atoms with Gasteiger partial charge in [-0.3, -0.25) is 14.5 Å². The van der Waals surface area contributed by atoms with Crippen molar-refractivity contribution in [3.63, 3.8) is 0 Å². The van der Waals surface area contributed by atoms with Gasteiger partial charge in [0.1, 0.15) is 11.0 Å². The molecule has 0 bridgehead atoms. The smallest absolute Gasteiger partial charge is 0.238 e. The fraction of sp³-hybridized carbons (Fsp3) is 0.375. The number of amides is 2. The first-order valence-electron chi connectivity index (χ1n) is 10.7. The first kappa shape index (κ1) is 22.9. The lowest BCUT2D eigenvalue weighted by Crippen LogP contribution is -2.43. The van der Waals surface area contributed by atoms with Crippen LogP contribution in [0, 0.1) is 0 Å². The van der Waals surface area contributed by atoms with Gasteiger partial charge in [0.2, 0.25) is 11.8 Å². The largest absolute Gasteiger partial charge is 0.494 e. The zero-order valence-electron chi connectivity index (χ0n) is 18.0. The first-order valence-corrected chi connectivity index (χ1v) is 11.6. The molecule has 1 aliphatic rings. The van der Waals surface area contributed by atoms with E-state index in [9.17, 15) is 9.59 Å². The number of aliphatic imine (C=N–C) groups is 1. The van der Waals surface area contributed by atoms with Crippen molar-refractivity contribution in [2.45, 2.75) is 44.3 Å². The molecule has 0 aliphatic carbocycles. The van der Waals surface area contributed by atoms with Gasteiger partial charge in [-0.05, 0) is 42.8 Å². The second-order valence-corrected chi connectivity index (χ2v) is 8.59. The zero-order valence-corrected chi connectivity index (χ0v) is 18.9. The number of carbonyl (C=O) groups is 2. The summed E-state index contributed by atoms with van der Waals surface area (Å²) < 4.78 is 5.74. The third-order valence-corrected chi connectivity index (χ3v) is 6.17. The number of nitrogens with one attached hydrogen (secondary N) is 1. The summed E-state index contributed by atoms with van der Waals surface area (Å²) in [5, 5.41) is 2.90. The number of amidine groups is 1. The van der Waals surface area contributed by atoms with E-state index in [1.54, 1.807) is 7.05 Å². The Balaban J connectivity index is 1.57. The average Bonchev–Trinajstić information content (AvgIpc) is 2.78. The van der Waals surface area contributed by atoms with Crippen molar-refractivity contribution in [3.05, 3.63) is 54.6 Å². The van der Waals surface area contributed by atoms with Crippen LogP contribution in [0.25, 0.3) is 0 Å². The van der Waals surface area contributed by atoms with Crippen LogP contribution in [-0.2, 0) is 9.59 Å². The minimum Gasteiger partial charge on any atom is -0.494 e. The molecule has 1 atom stereocenters. The van der Waals surface area contributed by atoms with Gasteiger partial charge in [0.25, 0.3) is 0 Å². The van der Waals surface area contributed by atoms with Crippen molar-refractivity contribution in [3.8, 4) is 5.75 Å². The SMILES string of the molecule is CCCCCCOc1ccc(NC(=O)C2CC(=O)N(C)C(=Nc3ccccc3)S2)cc1. The summed E-state index contributed by atoms with van der Waals surface area (Å²) in [5.41, 5.74) is 1.42. The van der Waals surface area contributed by atoms with Crippen LogP contribution >= 0.6 is 11.8 Å². The molecule has 2 aromatic rings. The molecule has 2 amide bonds. The maximum atomic E-state index is 12.8. The van der Waals surface area contributed by atoms with E-state index in [1.165, 1.54) is 35.9 Å². The second-order valence-electron chi connectivity index (χ2n) is 7.42. The number of carbonyl (C=O) groups excluding carboxylic acids is 2. The number of ether oxygens (including phenoxy) is 1. The lowest BCUT2D eigenvalue weighted by Gasteiger charge is -2.28. The van der Waals surface area contributed by atoms with Crippen molar-refractivity contribution in [2.24, 2.45) is 4.99 Å². The van der Waals surface area contributed by atoms with Gasteiger partial charge in [-0.1, -0.05) is 56.1 Å². The molecule has 1 aliphatic heterocycles. The van der Waals surface area contributed by atoms with Crippen LogP contribution in [0.15, 0.2) is 59.6 Å². The number of nitrogens with zero attached hydrogens (tertiary/aromatic N) is 2. The summed E-state index contributed by atoms with van der Waals surface area (Å²) in [6.07, 6.45) is 4.78. The normalized spacial score (nSPS) is 17.6. The van der Waals surface area contributed by atoms with Gasteiger partial charge in [-0.2, -0.15) is 0 Å². The summed E-state index contributed by atoms with van der Waals surface area (Å²) in [6, 6.07) is 16.8. The van der Waals surface area contributed by atoms with E-state index in [1.807, 2.05) is 54.6 Å². The number of anilines is 1. The molecule has 3 rings (SSSR count). The lowest BCUT2D eigenvalue weighted by molar-refractivity contribution is -0.128. The third kappa shape index (κ3) is 6.85. The van der Waals surface area contributed by atoms with Gasteiger partial charge >= 0.3 is 0 Å². The summed E-state index contributed by atoms with van der Waals surface area (Å²) >= 11 is 1.30. The fourth-order valence-electron chi connectivity index (χ4n) is 3.09. The Labute approximate surface area is 188 Å². The molecule has 0 spiro atoms. The molecular formula is C24H29N3O3S. The molecule has 0 aromatic heterocycles. The predicted octanol–water partition coefficient (Wildman–Crippen LogP) is 5.24. The Kier molecular flexibility index (Phi) is 8.53. The second kappa shape index (κ2) is 11.6. The Morgan fingerprint density at radius 2 is 1.87 bits per heavy atom. The summed E-state index contributed by atoms with van der Waals surface area (Å²) in [5.74, 6) is 0.455. The molecule has 1 fully saturated rings. The van der Waals surface area contributed by atoms with Crippen LogP contribution in [0.5, 0.6) is 5.75 Å². The van der Waals surface area contributed by atoms with E-state index >= 15 is 0 Å². The molecule has 0 saturated carbocycles. The van der Waals surface area contributed by atoms with Gasteiger partial charge in [0.05, 0.1) is 12.3 Å². The summed E-state index contributed by atoms with van der Waals surface area (Å²) in [4.78, 5) is 31.2. The van der Waals surface area contributed by atoms with Gasteiger partial charge in [0, 0.05) is 19.2 Å². The molecule has 7 heteroatoms. The highest BCUT2D eigenvalue weighted by atomic mass is 32.2.